The minimum absolute atomic E-state index is 0.0171. The van der Waals surface area contributed by atoms with Crippen molar-refractivity contribution in [3.8, 4) is 0 Å². The highest BCUT2D eigenvalue weighted by Gasteiger charge is 2.57. The van der Waals surface area contributed by atoms with Gasteiger partial charge in [0.2, 0.25) is 11.8 Å². The number of thioether (sulfide) groups is 2. The number of hydrogen-bond donors (Lipinski definition) is 1. The zero-order chi connectivity index (χ0) is 23.0. The van der Waals surface area contributed by atoms with Crippen molar-refractivity contribution in [1.82, 2.24) is 20.0 Å². The predicted molar refractivity (Wildman–Crippen MR) is 130 cm³/mol. The van der Waals surface area contributed by atoms with Crippen molar-refractivity contribution >= 4 is 41.2 Å². The van der Waals surface area contributed by atoms with Gasteiger partial charge in [-0.05, 0) is 51.0 Å². The first kappa shape index (κ1) is 23.4. The van der Waals surface area contributed by atoms with Crippen LogP contribution in [0, 0.1) is 0 Å². The zero-order valence-electron chi connectivity index (χ0n) is 19.2. The van der Waals surface area contributed by atoms with Crippen molar-refractivity contribution in [2.75, 3.05) is 45.2 Å². The first-order valence-corrected chi connectivity index (χ1v) is 13.4. The third-order valence-corrected chi connectivity index (χ3v) is 8.76. The standard InChI is InChI=1S/C23H32N4O3S2/c1-23(2)18(27-20(29)15-7-5-6-8-16(15)22(27)32-23)19(28)24-17(9-14-31-4)21(30)26-12-10-25(3)11-13-26/h5-8,17-18,22H,9-14H2,1-4H3,(H,24,28)/t17-,18+,22+/m0/s1. The van der Waals surface area contributed by atoms with Crippen LogP contribution in [0.4, 0.5) is 0 Å². The van der Waals surface area contributed by atoms with Gasteiger partial charge >= 0.3 is 0 Å². The molecule has 0 bridgehead atoms. The average Bonchev–Trinajstić information content (AvgIpc) is 3.20. The highest BCUT2D eigenvalue weighted by Crippen LogP contribution is 2.56. The number of nitrogens with zero attached hydrogens (tertiary/aromatic N) is 3. The summed E-state index contributed by atoms with van der Waals surface area (Å²) in [6.07, 6.45) is 2.58. The van der Waals surface area contributed by atoms with Gasteiger partial charge in [-0.1, -0.05) is 18.2 Å². The van der Waals surface area contributed by atoms with Gasteiger partial charge in [-0.2, -0.15) is 11.8 Å². The van der Waals surface area contributed by atoms with Crippen molar-refractivity contribution < 1.29 is 14.4 Å². The Kier molecular flexibility index (Phi) is 6.79. The Bertz CT molecular complexity index is 901. The number of carbonyl (C=O) groups is 3. The second kappa shape index (κ2) is 9.27. The molecule has 9 heteroatoms. The quantitative estimate of drug-likeness (QED) is 0.678. The van der Waals surface area contributed by atoms with Gasteiger partial charge in [-0.25, -0.2) is 0 Å². The molecular formula is C23H32N4O3S2. The van der Waals surface area contributed by atoms with Crippen molar-refractivity contribution in [2.45, 2.75) is 42.5 Å². The molecule has 0 unspecified atom stereocenters. The lowest BCUT2D eigenvalue weighted by molar-refractivity contribution is -0.139. The highest BCUT2D eigenvalue weighted by atomic mass is 32.2. The molecule has 32 heavy (non-hydrogen) atoms. The van der Waals surface area contributed by atoms with Gasteiger partial charge in [-0.3, -0.25) is 14.4 Å². The second-order valence-corrected chi connectivity index (χ2v) is 12.0. The maximum absolute atomic E-state index is 13.6. The summed E-state index contributed by atoms with van der Waals surface area (Å²) >= 11 is 3.30. The van der Waals surface area contributed by atoms with Crippen LogP contribution in [0.2, 0.25) is 0 Å². The molecule has 1 aromatic carbocycles. The van der Waals surface area contributed by atoms with Crippen LogP contribution in [0.25, 0.3) is 0 Å². The fraction of sp³-hybridized carbons (Fsp3) is 0.609. The van der Waals surface area contributed by atoms with E-state index in [1.54, 1.807) is 28.4 Å². The van der Waals surface area contributed by atoms with Gasteiger partial charge in [0.25, 0.3) is 5.91 Å². The minimum atomic E-state index is -0.630. The Morgan fingerprint density at radius 3 is 2.59 bits per heavy atom. The molecular weight excluding hydrogens is 444 g/mol. The van der Waals surface area contributed by atoms with Gasteiger partial charge in [0.1, 0.15) is 17.5 Å². The van der Waals surface area contributed by atoms with Crippen LogP contribution in [0.1, 0.15) is 41.6 Å². The molecule has 3 aliphatic rings. The smallest absolute Gasteiger partial charge is 0.256 e. The summed E-state index contributed by atoms with van der Waals surface area (Å²) in [6.45, 7) is 7.04. The lowest BCUT2D eigenvalue weighted by atomic mass is 10.00. The molecule has 3 amide bonds. The van der Waals surface area contributed by atoms with Crippen molar-refractivity contribution in [3.05, 3.63) is 35.4 Å². The van der Waals surface area contributed by atoms with Gasteiger partial charge < -0.3 is 20.0 Å². The van der Waals surface area contributed by atoms with Gasteiger partial charge in [0, 0.05) is 36.5 Å². The minimum Gasteiger partial charge on any atom is -0.342 e. The second-order valence-electron chi connectivity index (χ2n) is 9.25. The summed E-state index contributed by atoms with van der Waals surface area (Å²) in [5.41, 5.74) is 1.64. The van der Waals surface area contributed by atoms with E-state index in [4.69, 9.17) is 0 Å². The molecule has 0 saturated carbocycles. The number of amides is 3. The summed E-state index contributed by atoms with van der Waals surface area (Å²) in [5.74, 6) is 0.426. The molecule has 3 heterocycles. The summed E-state index contributed by atoms with van der Waals surface area (Å²) in [4.78, 5) is 45.9. The van der Waals surface area contributed by atoms with Gasteiger partial charge in [-0.15, -0.1) is 11.8 Å². The Balaban J connectivity index is 1.53. The summed E-state index contributed by atoms with van der Waals surface area (Å²) in [5, 5.41) is 2.89. The third-order valence-electron chi connectivity index (χ3n) is 6.58. The van der Waals surface area contributed by atoms with E-state index in [1.165, 1.54) is 0 Å². The van der Waals surface area contributed by atoms with E-state index in [9.17, 15) is 14.4 Å². The molecule has 0 aliphatic carbocycles. The summed E-state index contributed by atoms with van der Waals surface area (Å²) < 4.78 is -0.459. The number of likely N-dealkylation sites (N-methyl/N-ethyl adjacent to an activating group) is 1. The summed E-state index contributed by atoms with van der Waals surface area (Å²) in [7, 11) is 2.05. The fourth-order valence-electron chi connectivity index (χ4n) is 4.80. The molecule has 3 atom stereocenters. The third kappa shape index (κ3) is 4.26. The molecule has 0 spiro atoms. The van der Waals surface area contributed by atoms with Gasteiger partial charge in [0.05, 0.1) is 0 Å². The number of hydrogen-bond acceptors (Lipinski definition) is 6. The number of piperazine rings is 1. The largest absolute Gasteiger partial charge is 0.342 e. The number of rotatable bonds is 6. The topological polar surface area (TPSA) is 73.0 Å². The molecule has 0 radical (unpaired) electrons. The lowest BCUT2D eigenvalue weighted by Gasteiger charge is -2.36. The molecule has 2 saturated heterocycles. The molecule has 0 aromatic heterocycles. The Morgan fingerprint density at radius 1 is 1.22 bits per heavy atom. The SMILES string of the molecule is CSCC[C@H](NC(=O)[C@H]1N2C(=O)c3ccccc3[C@H]2SC1(C)C)C(=O)N1CCN(C)CC1. The normalized spacial score (nSPS) is 25.4. The van der Waals surface area contributed by atoms with E-state index in [0.717, 1.165) is 24.4 Å². The first-order chi connectivity index (χ1) is 15.2. The maximum Gasteiger partial charge on any atom is 0.256 e. The van der Waals surface area contributed by atoms with Crippen LogP contribution in [0.5, 0.6) is 0 Å². The van der Waals surface area contributed by atoms with Crippen molar-refractivity contribution in [1.29, 1.82) is 0 Å². The molecule has 2 fully saturated rings. The molecule has 1 aromatic rings. The number of benzene rings is 1. The van der Waals surface area contributed by atoms with E-state index in [-0.39, 0.29) is 23.1 Å². The molecule has 7 nitrogen and oxygen atoms in total. The Hall–Kier alpha value is -1.71. The van der Waals surface area contributed by atoms with E-state index in [2.05, 4.69) is 17.3 Å². The van der Waals surface area contributed by atoms with Crippen LogP contribution in [-0.2, 0) is 9.59 Å². The summed E-state index contributed by atoms with van der Waals surface area (Å²) in [6, 6.07) is 6.39. The van der Waals surface area contributed by atoms with Crippen molar-refractivity contribution in [2.24, 2.45) is 0 Å². The predicted octanol–water partition coefficient (Wildman–Crippen LogP) is 2.05. The molecule has 1 N–H and O–H groups in total. The van der Waals surface area contributed by atoms with Crippen LogP contribution in [0.15, 0.2) is 24.3 Å². The van der Waals surface area contributed by atoms with Crippen LogP contribution >= 0.6 is 23.5 Å². The zero-order valence-corrected chi connectivity index (χ0v) is 20.8. The number of fused-ring (bicyclic) bond motifs is 3. The highest BCUT2D eigenvalue weighted by molar-refractivity contribution is 8.01. The fourth-order valence-corrected chi connectivity index (χ4v) is 6.86. The van der Waals surface area contributed by atoms with Crippen LogP contribution < -0.4 is 5.32 Å². The average molecular weight is 477 g/mol. The number of nitrogens with one attached hydrogen (secondary N) is 1. The van der Waals surface area contributed by atoms with E-state index in [1.807, 2.05) is 49.3 Å². The molecule has 174 valence electrons. The Labute approximate surface area is 198 Å². The Morgan fingerprint density at radius 2 is 1.91 bits per heavy atom. The van der Waals surface area contributed by atoms with Crippen LogP contribution in [-0.4, -0.2) is 94.5 Å². The number of carbonyl (C=O) groups excluding carboxylic acids is 3. The van der Waals surface area contributed by atoms with Gasteiger partial charge in [0.15, 0.2) is 0 Å². The monoisotopic (exact) mass is 476 g/mol. The molecule has 4 rings (SSSR count). The van der Waals surface area contributed by atoms with E-state index >= 15 is 0 Å². The maximum atomic E-state index is 13.6. The first-order valence-electron chi connectivity index (χ1n) is 11.1. The van der Waals surface area contributed by atoms with E-state index in [0.29, 0.717) is 25.1 Å². The van der Waals surface area contributed by atoms with Crippen molar-refractivity contribution in [3.63, 3.8) is 0 Å². The van der Waals surface area contributed by atoms with Crippen LogP contribution in [0.3, 0.4) is 0 Å². The van der Waals surface area contributed by atoms with E-state index < -0.39 is 16.8 Å². The molecule has 3 aliphatic heterocycles. The lowest BCUT2D eigenvalue weighted by Crippen LogP contribution is -2.59.